The number of aromatic nitrogens is 3. The van der Waals surface area contributed by atoms with Crippen LogP contribution in [0.3, 0.4) is 0 Å². The van der Waals surface area contributed by atoms with E-state index in [4.69, 9.17) is 16.1 Å². The predicted molar refractivity (Wildman–Crippen MR) is 113 cm³/mol. The molecule has 3 aromatic heterocycles. The average molecular weight is 434 g/mol. The Morgan fingerprint density at radius 1 is 1.38 bits per heavy atom. The summed E-state index contributed by atoms with van der Waals surface area (Å²) >= 11 is 7.42. The zero-order valence-electron chi connectivity index (χ0n) is 16.5. The Morgan fingerprint density at radius 2 is 2.17 bits per heavy atom. The van der Waals surface area contributed by atoms with E-state index in [0.29, 0.717) is 28.5 Å². The molecule has 0 aliphatic carbocycles. The van der Waals surface area contributed by atoms with Crippen molar-refractivity contribution in [1.29, 1.82) is 0 Å². The summed E-state index contributed by atoms with van der Waals surface area (Å²) < 4.78 is 7.92. The van der Waals surface area contributed by atoms with Gasteiger partial charge in [-0.15, -0.1) is 11.3 Å². The molecule has 1 N–H and O–H groups in total. The molecule has 0 atom stereocenters. The van der Waals surface area contributed by atoms with Crippen LogP contribution in [0.25, 0.3) is 10.6 Å². The summed E-state index contributed by atoms with van der Waals surface area (Å²) in [6.45, 7) is 6.84. The number of nitrogens with one attached hydrogen (secondary N) is 1. The molecule has 4 heterocycles. The Morgan fingerprint density at radius 3 is 2.86 bits per heavy atom. The maximum absolute atomic E-state index is 12.8. The fraction of sp³-hybridized carbons (Fsp3) is 0.450. The highest BCUT2D eigenvalue weighted by Gasteiger charge is 2.24. The van der Waals surface area contributed by atoms with Gasteiger partial charge in [-0.3, -0.25) is 4.79 Å². The van der Waals surface area contributed by atoms with Crippen molar-refractivity contribution < 1.29 is 9.32 Å². The lowest BCUT2D eigenvalue weighted by Gasteiger charge is -2.34. The van der Waals surface area contributed by atoms with E-state index in [9.17, 15) is 4.79 Å². The maximum Gasteiger partial charge on any atom is 0.287 e. The Balaban J connectivity index is 1.38. The number of carbonyl (C=O) groups is 1. The first-order valence-electron chi connectivity index (χ1n) is 9.77. The number of thiophene rings is 1. The number of nitrogens with zero attached hydrogens (tertiary/aromatic N) is 4. The van der Waals surface area contributed by atoms with Gasteiger partial charge >= 0.3 is 0 Å². The fourth-order valence-corrected chi connectivity index (χ4v) is 4.57. The second-order valence-corrected chi connectivity index (χ2v) is 9.26. The van der Waals surface area contributed by atoms with Gasteiger partial charge in [0.2, 0.25) is 0 Å². The summed E-state index contributed by atoms with van der Waals surface area (Å²) in [6, 6.07) is 6.32. The van der Waals surface area contributed by atoms with Crippen LogP contribution in [-0.4, -0.2) is 50.7 Å². The van der Waals surface area contributed by atoms with Gasteiger partial charge in [0.1, 0.15) is 5.69 Å². The summed E-state index contributed by atoms with van der Waals surface area (Å²) in [5.74, 6) is 0.909. The summed E-state index contributed by atoms with van der Waals surface area (Å²) in [6.07, 6.45) is 5.34. The second kappa shape index (κ2) is 8.69. The number of hydrogen-bond donors (Lipinski definition) is 1. The van der Waals surface area contributed by atoms with Gasteiger partial charge in [0.25, 0.3) is 5.91 Å². The van der Waals surface area contributed by atoms with E-state index < -0.39 is 0 Å². The van der Waals surface area contributed by atoms with Gasteiger partial charge in [0.05, 0.1) is 15.8 Å². The van der Waals surface area contributed by atoms with Crippen molar-refractivity contribution in [2.24, 2.45) is 0 Å². The topological polar surface area (TPSA) is 76.2 Å². The second-order valence-electron chi connectivity index (χ2n) is 7.54. The molecule has 0 spiro atoms. The minimum Gasteiger partial charge on any atom is -0.355 e. The lowest BCUT2D eigenvalue weighted by Crippen LogP contribution is -2.47. The molecule has 1 saturated heterocycles. The Kier molecular flexibility index (Phi) is 6.03. The highest BCUT2D eigenvalue weighted by Crippen LogP contribution is 2.31. The lowest BCUT2D eigenvalue weighted by atomic mass is 10.0. The van der Waals surface area contributed by atoms with Crippen molar-refractivity contribution in [3.8, 4) is 10.6 Å². The van der Waals surface area contributed by atoms with Crippen molar-refractivity contribution in [1.82, 2.24) is 24.9 Å². The van der Waals surface area contributed by atoms with E-state index in [1.165, 1.54) is 11.3 Å². The first-order chi connectivity index (χ1) is 14.0. The fourth-order valence-electron chi connectivity index (χ4n) is 3.58. The first-order valence-corrected chi connectivity index (χ1v) is 11.0. The van der Waals surface area contributed by atoms with E-state index in [0.717, 1.165) is 36.5 Å². The number of amides is 1. The van der Waals surface area contributed by atoms with Crippen LogP contribution < -0.4 is 5.32 Å². The molecule has 7 nitrogen and oxygen atoms in total. The molecule has 9 heteroatoms. The summed E-state index contributed by atoms with van der Waals surface area (Å²) in [5.41, 5.74) is 0.724. The third-order valence-electron chi connectivity index (χ3n) is 5.22. The molecule has 0 radical (unpaired) electrons. The smallest absolute Gasteiger partial charge is 0.287 e. The lowest BCUT2D eigenvalue weighted by molar-refractivity contribution is 0.0886. The minimum absolute atomic E-state index is 0.147. The van der Waals surface area contributed by atoms with Crippen LogP contribution in [0.4, 0.5) is 0 Å². The van der Waals surface area contributed by atoms with Gasteiger partial charge < -0.3 is 19.3 Å². The molecule has 1 aliphatic rings. The normalized spacial score (nSPS) is 15.9. The molecule has 1 aliphatic heterocycles. The van der Waals surface area contributed by atoms with Crippen LogP contribution in [0.15, 0.2) is 35.1 Å². The molecule has 4 rings (SSSR count). The zero-order chi connectivity index (χ0) is 20.4. The maximum atomic E-state index is 12.8. The van der Waals surface area contributed by atoms with E-state index in [2.05, 4.69) is 34.2 Å². The quantitative estimate of drug-likeness (QED) is 0.637. The highest BCUT2D eigenvalue weighted by molar-refractivity contribution is 7.19. The summed E-state index contributed by atoms with van der Waals surface area (Å²) in [4.78, 5) is 20.4. The molecular formula is C20H24ClN5O2S. The third kappa shape index (κ3) is 4.71. The zero-order valence-corrected chi connectivity index (χ0v) is 18.0. The third-order valence-corrected chi connectivity index (χ3v) is 6.47. The number of rotatable bonds is 6. The van der Waals surface area contributed by atoms with Crippen LogP contribution in [0.2, 0.25) is 4.34 Å². The number of likely N-dealkylation sites (tertiary alicyclic amines) is 1. The average Bonchev–Trinajstić information content (AvgIpc) is 3.43. The van der Waals surface area contributed by atoms with Crippen molar-refractivity contribution >= 4 is 28.8 Å². The first kappa shape index (κ1) is 20.1. The monoisotopic (exact) mass is 433 g/mol. The molecule has 0 bridgehead atoms. The van der Waals surface area contributed by atoms with Gasteiger partial charge in [-0.25, -0.2) is 4.98 Å². The molecule has 3 aromatic rings. The standard InChI is InChI=1S/C20H24ClN5O2S/c1-13(2)25-8-5-14(6-9-25)23-20(27)19-22-7-10-26(19)12-15-11-16(28-24-15)17-3-4-18(21)29-17/h3-4,7,10-11,13-14H,5-6,8-9,12H2,1-2H3,(H,23,27). The molecule has 0 saturated carbocycles. The van der Waals surface area contributed by atoms with Crippen molar-refractivity contribution in [2.45, 2.75) is 45.3 Å². The largest absolute Gasteiger partial charge is 0.355 e. The van der Waals surface area contributed by atoms with Crippen molar-refractivity contribution in [2.75, 3.05) is 13.1 Å². The predicted octanol–water partition coefficient (Wildman–Crippen LogP) is 3.90. The number of imidazole rings is 1. The molecular weight excluding hydrogens is 410 g/mol. The number of piperidine rings is 1. The molecule has 0 unspecified atom stereocenters. The highest BCUT2D eigenvalue weighted by atomic mass is 35.5. The van der Waals surface area contributed by atoms with Crippen LogP contribution in [-0.2, 0) is 6.54 Å². The Hall–Kier alpha value is -2.16. The summed E-state index contributed by atoms with van der Waals surface area (Å²) in [7, 11) is 0. The number of carbonyl (C=O) groups excluding carboxylic acids is 1. The number of hydrogen-bond acceptors (Lipinski definition) is 6. The van der Waals surface area contributed by atoms with Gasteiger partial charge in [0, 0.05) is 43.6 Å². The molecule has 154 valence electrons. The SMILES string of the molecule is CC(C)N1CCC(NC(=O)c2nccn2Cc2cc(-c3ccc(Cl)s3)on2)CC1. The summed E-state index contributed by atoms with van der Waals surface area (Å²) in [5, 5.41) is 7.26. The van der Waals surface area contributed by atoms with E-state index in [1.807, 2.05) is 18.2 Å². The van der Waals surface area contributed by atoms with Crippen LogP contribution in [0.5, 0.6) is 0 Å². The van der Waals surface area contributed by atoms with Crippen LogP contribution in [0, 0.1) is 0 Å². The molecule has 29 heavy (non-hydrogen) atoms. The van der Waals surface area contributed by atoms with Crippen molar-refractivity contribution in [3.05, 3.63) is 46.4 Å². The molecule has 1 fully saturated rings. The van der Waals surface area contributed by atoms with E-state index >= 15 is 0 Å². The Labute approximate surface area is 178 Å². The molecule has 1 amide bonds. The van der Waals surface area contributed by atoms with E-state index in [-0.39, 0.29) is 11.9 Å². The van der Waals surface area contributed by atoms with Crippen LogP contribution in [0.1, 0.15) is 43.0 Å². The van der Waals surface area contributed by atoms with Gasteiger partial charge in [-0.05, 0) is 38.8 Å². The minimum atomic E-state index is -0.147. The van der Waals surface area contributed by atoms with Gasteiger partial charge in [0.15, 0.2) is 11.6 Å². The Bertz CT molecular complexity index is 971. The molecule has 0 aromatic carbocycles. The van der Waals surface area contributed by atoms with E-state index in [1.54, 1.807) is 17.0 Å². The van der Waals surface area contributed by atoms with Crippen molar-refractivity contribution in [3.63, 3.8) is 0 Å². The van der Waals surface area contributed by atoms with Gasteiger partial charge in [-0.2, -0.15) is 0 Å². The number of halogens is 1. The van der Waals surface area contributed by atoms with Gasteiger partial charge in [-0.1, -0.05) is 16.8 Å². The van der Waals surface area contributed by atoms with Crippen LogP contribution >= 0.6 is 22.9 Å².